The molecule has 4 aromatic carbocycles. The minimum Gasteiger partial charge on any atom is -0.207 e. The third-order valence-corrected chi connectivity index (χ3v) is 6.13. The predicted molar refractivity (Wildman–Crippen MR) is 110 cm³/mol. The Hall–Kier alpha value is -3.15. The summed E-state index contributed by atoms with van der Waals surface area (Å²) >= 11 is 0. The van der Waals surface area contributed by atoms with E-state index in [1.807, 2.05) is 0 Å². The van der Waals surface area contributed by atoms with E-state index in [0.717, 1.165) is 0 Å². The van der Waals surface area contributed by atoms with Gasteiger partial charge in [-0.2, -0.15) is 21.9 Å². The molecule has 202 valence electrons. The van der Waals surface area contributed by atoms with E-state index in [1.165, 1.54) is 0 Å². The average Bonchev–Trinajstić information content (AvgIpc) is 2.86. The Bertz CT molecular complexity index is 1340. The SMILES string of the molecule is Fc1ccc([B-](c2ccc(F)c(F)c2F)(c2ccc(F)c(F)c2F)c2ccc(F)c(F)c2F)c(F)c1F.[Ag+]. The molecule has 0 saturated heterocycles. The van der Waals surface area contributed by atoms with Crippen molar-refractivity contribution in [3.05, 3.63) is 118 Å². The third kappa shape index (κ3) is 4.22. The number of hydrogen-bond acceptors (Lipinski definition) is 0. The van der Waals surface area contributed by atoms with Crippen molar-refractivity contribution in [3.8, 4) is 0 Å². The maximum absolute atomic E-state index is 15.3. The van der Waals surface area contributed by atoms with Crippen LogP contribution in [0.25, 0.3) is 0 Å². The van der Waals surface area contributed by atoms with Crippen LogP contribution in [0, 0.1) is 69.8 Å². The minimum absolute atomic E-state index is 0. The van der Waals surface area contributed by atoms with Crippen molar-refractivity contribution in [2.75, 3.05) is 0 Å². The van der Waals surface area contributed by atoms with Gasteiger partial charge in [0.1, 0.15) is 29.4 Å². The molecule has 38 heavy (non-hydrogen) atoms. The molecule has 0 saturated carbocycles. The molecule has 0 unspecified atom stereocenters. The second-order valence-electron chi connectivity index (χ2n) is 7.92. The maximum Gasteiger partial charge on any atom is 1.00 e. The van der Waals surface area contributed by atoms with E-state index in [0.29, 0.717) is 24.3 Å². The first kappa shape index (κ1) is 29.4. The van der Waals surface area contributed by atoms with Gasteiger partial charge in [0.15, 0.2) is 46.5 Å². The molecule has 0 N–H and O–H groups in total. The fourth-order valence-electron chi connectivity index (χ4n) is 4.51. The normalized spacial score (nSPS) is 11.5. The van der Waals surface area contributed by atoms with Crippen molar-refractivity contribution in [2.45, 2.75) is 0 Å². The Balaban J connectivity index is 0.00000400. The largest absolute Gasteiger partial charge is 1.00 e. The van der Waals surface area contributed by atoms with Gasteiger partial charge in [-0.05, 0) is 24.3 Å². The van der Waals surface area contributed by atoms with Gasteiger partial charge >= 0.3 is 22.4 Å². The number of hydrogen-bond donors (Lipinski definition) is 0. The van der Waals surface area contributed by atoms with Gasteiger partial charge < -0.3 is 0 Å². The zero-order chi connectivity index (χ0) is 27.4. The molecule has 4 rings (SSSR count). The van der Waals surface area contributed by atoms with Crippen LogP contribution in [-0.4, -0.2) is 6.15 Å². The maximum atomic E-state index is 15.3. The third-order valence-electron chi connectivity index (χ3n) is 6.13. The van der Waals surface area contributed by atoms with Gasteiger partial charge in [-0.15, -0.1) is 0 Å². The van der Waals surface area contributed by atoms with Crippen LogP contribution in [0.15, 0.2) is 48.5 Å². The number of halogens is 12. The molecule has 0 heterocycles. The van der Waals surface area contributed by atoms with Crippen molar-refractivity contribution in [1.82, 2.24) is 0 Å². The zero-order valence-corrected chi connectivity index (χ0v) is 19.5. The number of benzene rings is 4. The summed E-state index contributed by atoms with van der Waals surface area (Å²) in [6.07, 6.45) is -4.58. The van der Waals surface area contributed by atoms with Crippen molar-refractivity contribution < 1.29 is 75.1 Å². The Labute approximate surface area is 221 Å². The van der Waals surface area contributed by atoms with Crippen molar-refractivity contribution in [3.63, 3.8) is 0 Å². The van der Waals surface area contributed by atoms with E-state index in [9.17, 15) is 35.1 Å². The molecule has 0 fully saturated rings. The second kappa shape index (κ2) is 10.5. The molecule has 14 heteroatoms. The Morgan fingerprint density at radius 1 is 0.289 bits per heavy atom. The van der Waals surface area contributed by atoms with Crippen LogP contribution < -0.4 is 21.9 Å². The first-order valence-corrected chi connectivity index (χ1v) is 10.1. The van der Waals surface area contributed by atoms with E-state index in [1.54, 1.807) is 0 Å². The topological polar surface area (TPSA) is 0 Å². The molecule has 0 aliphatic rings. The first-order valence-electron chi connectivity index (χ1n) is 10.1. The summed E-state index contributed by atoms with van der Waals surface area (Å²) in [6, 6.07) is 1.97. The molecular formula is C24H8AgBF12. The van der Waals surface area contributed by atoms with Gasteiger partial charge in [0.25, 0.3) is 0 Å². The monoisotopic (exact) mass is 642 g/mol. The van der Waals surface area contributed by atoms with Crippen LogP contribution in [0.1, 0.15) is 0 Å². The summed E-state index contributed by atoms with van der Waals surface area (Å²) in [4.78, 5) is 0. The summed E-state index contributed by atoms with van der Waals surface area (Å²) in [5.74, 6) is -25.8. The fraction of sp³-hybridized carbons (Fsp3) is 0. The Morgan fingerprint density at radius 2 is 0.474 bits per heavy atom. The fourth-order valence-corrected chi connectivity index (χ4v) is 4.51. The van der Waals surface area contributed by atoms with Crippen LogP contribution in [0.4, 0.5) is 52.7 Å². The van der Waals surface area contributed by atoms with Gasteiger partial charge in [0, 0.05) is 0 Å². The summed E-state index contributed by atoms with van der Waals surface area (Å²) in [7, 11) is 0. The molecule has 0 atom stereocenters. The van der Waals surface area contributed by atoms with Gasteiger partial charge in [0.2, 0.25) is 0 Å². The molecular weight excluding hydrogens is 635 g/mol. The molecule has 0 aliphatic carbocycles. The van der Waals surface area contributed by atoms with E-state index >= 15 is 17.6 Å². The van der Waals surface area contributed by atoms with E-state index in [2.05, 4.69) is 0 Å². The molecule has 0 nitrogen and oxygen atoms in total. The Morgan fingerprint density at radius 3 is 0.658 bits per heavy atom. The van der Waals surface area contributed by atoms with Gasteiger partial charge in [-0.3, -0.25) is 0 Å². The molecule has 0 aromatic heterocycles. The molecule has 0 spiro atoms. The quantitative estimate of drug-likeness (QED) is 0.172. The summed E-state index contributed by atoms with van der Waals surface area (Å²) in [5.41, 5.74) is -5.67. The van der Waals surface area contributed by atoms with Crippen molar-refractivity contribution in [2.24, 2.45) is 0 Å². The van der Waals surface area contributed by atoms with Crippen LogP contribution in [0.3, 0.4) is 0 Å². The van der Waals surface area contributed by atoms with E-state index < -0.39 is 97.8 Å². The zero-order valence-electron chi connectivity index (χ0n) is 18.0. The van der Waals surface area contributed by atoms with Crippen molar-refractivity contribution in [1.29, 1.82) is 0 Å². The van der Waals surface area contributed by atoms with Gasteiger partial charge in [-0.25, -0.2) is 52.7 Å². The molecule has 4 aromatic rings. The molecule has 0 amide bonds. The summed E-state index contributed by atoms with van der Waals surface area (Å²) in [5, 5.41) is 0. The number of rotatable bonds is 4. The van der Waals surface area contributed by atoms with Crippen LogP contribution in [-0.2, 0) is 22.4 Å². The first-order chi connectivity index (χ1) is 17.3. The van der Waals surface area contributed by atoms with Crippen LogP contribution >= 0.6 is 0 Å². The van der Waals surface area contributed by atoms with Crippen LogP contribution in [0.5, 0.6) is 0 Å². The van der Waals surface area contributed by atoms with Gasteiger partial charge in [-0.1, -0.05) is 24.3 Å². The Kier molecular flexibility index (Phi) is 8.16. The van der Waals surface area contributed by atoms with Crippen LogP contribution in [0.2, 0.25) is 0 Å². The second-order valence-corrected chi connectivity index (χ2v) is 7.92. The minimum atomic E-state index is -4.58. The molecule has 0 aliphatic heterocycles. The van der Waals surface area contributed by atoms with E-state index in [4.69, 9.17) is 0 Å². The van der Waals surface area contributed by atoms with E-state index in [-0.39, 0.29) is 46.6 Å². The smallest absolute Gasteiger partial charge is 0.207 e. The van der Waals surface area contributed by atoms with Crippen molar-refractivity contribution >= 4 is 28.0 Å². The molecule has 0 radical (unpaired) electrons. The predicted octanol–water partition coefficient (Wildman–Crippen LogP) is 4.73. The summed E-state index contributed by atoms with van der Waals surface area (Å²) in [6.45, 7) is 0. The van der Waals surface area contributed by atoms with Gasteiger partial charge in [0.05, 0.1) is 0 Å². The standard InChI is InChI=1S/C24H8BF12.Ag/c26-13-5-1-9(17(30)21(13)34)25(10-2-6-14(27)22(35)18(10)31,11-3-7-15(28)23(36)19(11)32)12-4-8-16(29)24(37)20(12)33;/h1-8H;/q-1;+1. The average molecular weight is 643 g/mol. The molecule has 0 bridgehead atoms. The summed E-state index contributed by atoms with van der Waals surface area (Å²) < 4.78 is 174.